The normalized spacial score (nSPS) is 16.5. The second-order valence-corrected chi connectivity index (χ2v) is 5.54. The van der Waals surface area contributed by atoms with Gasteiger partial charge in [0.25, 0.3) is 0 Å². The molecule has 5 nitrogen and oxygen atoms in total. The molecule has 0 heterocycles. The first kappa shape index (κ1) is 15.6. The van der Waals surface area contributed by atoms with Crippen LogP contribution in [0.25, 0.3) is 0 Å². The van der Waals surface area contributed by atoms with Crippen molar-refractivity contribution >= 4 is 11.7 Å². The molecule has 1 unspecified atom stereocenters. The molecule has 1 saturated carbocycles. The monoisotopic (exact) mass is 292 g/mol. The van der Waals surface area contributed by atoms with E-state index in [2.05, 4.69) is 10.6 Å². The predicted octanol–water partition coefficient (Wildman–Crippen LogP) is 2.90. The molecule has 116 valence electrons. The van der Waals surface area contributed by atoms with Crippen LogP contribution in [0.4, 0.5) is 10.5 Å². The number of nitrogens with one attached hydrogen (secondary N) is 2. The largest absolute Gasteiger partial charge is 0.488 e. The Hall–Kier alpha value is -1.75. The summed E-state index contributed by atoms with van der Waals surface area (Å²) < 4.78 is 5.97. The zero-order valence-corrected chi connectivity index (χ0v) is 12.5. The summed E-state index contributed by atoms with van der Waals surface area (Å²) in [6.07, 6.45) is 4.95. The first-order valence-electron chi connectivity index (χ1n) is 7.64. The Morgan fingerprint density at radius 1 is 1.38 bits per heavy atom. The third-order valence-corrected chi connectivity index (χ3v) is 3.58. The van der Waals surface area contributed by atoms with E-state index in [-0.39, 0.29) is 12.1 Å². The Morgan fingerprint density at radius 2 is 2.10 bits per heavy atom. The van der Waals surface area contributed by atoms with Gasteiger partial charge in [-0.15, -0.1) is 0 Å². The number of benzene rings is 1. The number of anilines is 1. The number of urea groups is 1. The molecule has 0 bridgehead atoms. The maximum Gasteiger partial charge on any atom is 0.319 e. The van der Waals surface area contributed by atoms with Crippen molar-refractivity contribution in [3.05, 3.63) is 24.3 Å². The Labute approximate surface area is 125 Å². The molecule has 1 aliphatic rings. The van der Waals surface area contributed by atoms with Crippen LogP contribution in [-0.2, 0) is 0 Å². The summed E-state index contributed by atoms with van der Waals surface area (Å²) in [7, 11) is 0. The summed E-state index contributed by atoms with van der Waals surface area (Å²) in [5.74, 6) is 0.718. The van der Waals surface area contributed by atoms with Crippen molar-refractivity contribution < 1.29 is 14.6 Å². The van der Waals surface area contributed by atoms with E-state index in [1.807, 2.05) is 24.3 Å². The fraction of sp³-hybridized carbons (Fsp3) is 0.562. The van der Waals surface area contributed by atoms with Crippen molar-refractivity contribution in [1.82, 2.24) is 5.32 Å². The van der Waals surface area contributed by atoms with E-state index in [1.54, 1.807) is 6.92 Å². The molecule has 1 aromatic carbocycles. The van der Waals surface area contributed by atoms with Gasteiger partial charge in [0.05, 0.1) is 17.9 Å². The van der Waals surface area contributed by atoms with E-state index in [0.717, 1.165) is 18.6 Å². The molecule has 5 heteroatoms. The first-order chi connectivity index (χ1) is 10.1. The van der Waals surface area contributed by atoms with Gasteiger partial charge in [0.1, 0.15) is 5.75 Å². The van der Waals surface area contributed by atoms with Crippen LogP contribution in [-0.4, -0.2) is 29.9 Å². The average Bonchev–Trinajstić information content (AvgIpc) is 2.93. The van der Waals surface area contributed by atoms with Crippen LogP contribution in [0.3, 0.4) is 0 Å². The number of para-hydroxylation sites is 2. The second-order valence-electron chi connectivity index (χ2n) is 5.54. The molecule has 3 N–H and O–H groups in total. The fourth-order valence-electron chi connectivity index (χ4n) is 2.42. The van der Waals surface area contributed by atoms with Crippen molar-refractivity contribution in [3.8, 4) is 5.75 Å². The number of amides is 2. The molecule has 0 spiro atoms. The summed E-state index contributed by atoms with van der Waals surface area (Å²) in [5.41, 5.74) is 0.680. The highest BCUT2D eigenvalue weighted by atomic mass is 16.5. The highest BCUT2D eigenvalue weighted by Gasteiger charge is 2.18. The lowest BCUT2D eigenvalue weighted by molar-refractivity contribution is 0.184. The summed E-state index contributed by atoms with van der Waals surface area (Å²) >= 11 is 0. The van der Waals surface area contributed by atoms with Crippen LogP contribution in [0.5, 0.6) is 5.75 Å². The van der Waals surface area contributed by atoms with Gasteiger partial charge in [0.15, 0.2) is 0 Å². The number of aliphatic hydroxyl groups is 1. The summed E-state index contributed by atoms with van der Waals surface area (Å²) in [5, 5.41) is 14.7. The maximum absolute atomic E-state index is 11.8. The lowest BCUT2D eigenvalue weighted by Crippen LogP contribution is -2.31. The van der Waals surface area contributed by atoms with Gasteiger partial charge in [0, 0.05) is 6.54 Å². The zero-order chi connectivity index (χ0) is 15.1. The molecule has 0 aliphatic heterocycles. The van der Waals surface area contributed by atoms with Crippen molar-refractivity contribution in [2.24, 2.45) is 0 Å². The van der Waals surface area contributed by atoms with Crippen LogP contribution in [0.15, 0.2) is 24.3 Å². The summed E-state index contributed by atoms with van der Waals surface area (Å²) in [4.78, 5) is 11.8. The molecule has 0 radical (unpaired) electrons. The number of hydrogen-bond donors (Lipinski definition) is 3. The Morgan fingerprint density at radius 3 is 2.81 bits per heavy atom. The third kappa shape index (κ3) is 5.27. The molecule has 2 amide bonds. The van der Waals surface area contributed by atoms with E-state index in [4.69, 9.17) is 9.84 Å². The minimum Gasteiger partial charge on any atom is -0.488 e. The Kier molecular flexibility index (Phi) is 5.87. The van der Waals surface area contributed by atoms with Crippen LogP contribution in [0.1, 0.15) is 39.0 Å². The van der Waals surface area contributed by atoms with Gasteiger partial charge in [-0.1, -0.05) is 12.1 Å². The van der Waals surface area contributed by atoms with E-state index in [9.17, 15) is 4.79 Å². The van der Waals surface area contributed by atoms with Gasteiger partial charge in [-0.05, 0) is 51.2 Å². The molecule has 1 aromatic rings. The van der Waals surface area contributed by atoms with E-state index in [1.165, 1.54) is 12.8 Å². The highest BCUT2D eigenvalue weighted by molar-refractivity contribution is 5.90. The number of hydrogen-bond acceptors (Lipinski definition) is 3. The predicted molar refractivity (Wildman–Crippen MR) is 82.6 cm³/mol. The number of carbonyl (C=O) groups excluding carboxylic acids is 1. The second kappa shape index (κ2) is 7.88. The van der Waals surface area contributed by atoms with Crippen molar-refractivity contribution in [2.75, 3.05) is 11.9 Å². The molecular weight excluding hydrogens is 268 g/mol. The summed E-state index contributed by atoms with van der Waals surface area (Å²) in [6, 6.07) is 7.20. The van der Waals surface area contributed by atoms with Crippen molar-refractivity contribution in [1.29, 1.82) is 0 Å². The maximum atomic E-state index is 11.8. The Balaban J connectivity index is 1.88. The fourth-order valence-corrected chi connectivity index (χ4v) is 2.42. The lowest BCUT2D eigenvalue weighted by Gasteiger charge is -2.17. The molecular formula is C16H24N2O3. The van der Waals surface area contributed by atoms with Crippen molar-refractivity contribution in [3.63, 3.8) is 0 Å². The highest BCUT2D eigenvalue weighted by Crippen LogP contribution is 2.29. The van der Waals surface area contributed by atoms with Crippen LogP contribution in [0, 0.1) is 0 Å². The third-order valence-electron chi connectivity index (χ3n) is 3.58. The molecule has 1 fully saturated rings. The van der Waals surface area contributed by atoms with Gasteiger partial charge in [-0.2, -0.15) is 0 Å². The molecule has 1 atom stereocenters. The zero-order valence-electron chi connectivity index (χ0n) is 12.5. The average molecular weight is 292 g/mol. The van der Waals surface area contributed by atoms with Crippen LogP contribution in [0.2, 0.25) is 0 Å². The van der Waals surface area contributed by atoms with Gasteiger partial charge in [-0.25, -0.2) is 4.79 Å². The van der Waals surface area contributed by atoms with Crippen LogP contribution >= 0.6 is 0 Å². The number of aliphatic hydroxyl groups excluding tert-OH is 1. The molecule has 21 heavy (non-hydrogen) atoms. The number of ether oxygens (including phenoxy) is 1. The van der Waals surface area contributed by atoms with Gasteiger partial charge in [0.2, 0.25) is 0 Å². The number of rotatable bonds is 6. The van der Waals surface area contributed by atoms with E-state index in [0.29, 0.717) is 18.7 Å². The van der Waals surface area contributed by atoms with E-state index >= 15 is 0 Å². The minimum absolute atomic E-state index is 0.256. The quantitative estimate of drug-likeness (QED) is 0.755. The first-order valence-corrected chi connectivity index (χ1v) is 7.64. The smallest absolute Gasteiger partial charge is 0.319 e. The molecule has 1 aliphatic carbocycles. The summed E-state index contributed by atoms with van der Waals surface area (Å²) in [6.45, 7) is 2.14. The van der Waals surface area contributed by atoms with Gasteiger partial charge >= 0.3 is 6.03 Å². The van der Waals surface area contributed by atoms with Gasteiger partial charge in [-0.3, -0.25) is 0 Å². The minimum atomic E-state index is -0.414. The SMILES string of the molecule is CC(O)CCNC(=O)Nc1ccccc1OC1CCCC1. The topological polar surface area (TPSA) is 70.6 Å². The molecule has 0 saturated heterocycles. The van der Waals surface area contributed by atoms with Crippen molar-refractivity contribution in [2.45, 2.75) is 51.2 Å². The lowest BCUT2D eigenvalue weighted by atomic mass is 10.2. The molecule has 0 aromatic heterocycles. The Bertz CT molecular complexity index is 457. The number of carbonyl (C=O) groups is 1. The molecule has 2 rings (SSSR count). The van der Waals surface area contributed by atoms with Crippen LogP contribution < -0.4 is 15.4 Å². The standard InChI is InChI=1S/C16H24N2O3/c1-12(19)10-11-17-16(20)18-14-8-4-5-9-15(14)21-13-6-2-3-7-13/h4-5,8-9,12-13,19H,2-3,6-7,10-11H2,1H3,(H2,17,18,20). The van der Waals surface area contributed by atoms with E-state index < -0.39 is 6.10 Å². The van der Waals surface area contributed by atoms with Gasteiger partial charge < -0.3 is 20.5 Å².